The SMILES string of the molecule is CCc1ccc(S(=O)(=O)N2CCC(n3nccn3)C2)cc1. The number of hydrogen-bond acceptors (Lipinski definition) is 4. The van der Waals surface area contributed by atoms with Crippen molar-refractivity contribution in [2.24, 2.45) is 0 Å². The molecule has 112 valence electrons. The van der Waals surface area contributed by atoms with Crippen molar-refractivity contribution in [2.75, 3.05) is 13.1 Å². The molecule has 2 aromatic rings. The van der Waals surface area contributed by atoms with Crippen LogP contribution in [0.15, 0.2) is 41.6 Å². The number of aryl methyl sites for hydroxylation is 1. The zero-order valence-electron chi connectivity index (χ0n) is 11.9. The van der Waals surface area contributed by atoms with Crippen molar-refractivity contribution in [2.45, 2.75) is 30.7 Å². The van der Waals surface area contributed by atoms with E-state index in [2.05, 4.69) is 10.2 Å². The first kappa shape index (κ1) is 14.2. The maximum Gasteiger partial charge on any atom is 0.243 e. The summed E-state index contributed by atoms with van der Waals surface area (Å²) in [6.07, 6.45) is 4.86. The van der Waals surface area contributed by atoms with Crippen molar-refractivity contribution in [3.8, 4) is 0 Å². The molecule has 1 fully saturated rings. The van der Waals surface area contributed by atoms with Crippen molar-refractivity contribution < 1.29 is 8.42 Å². The van der Waals surface area contributed by atoms with Crippen LogP contribution in [0.1, 0.15) is 24.9 Å². The van der Waals surface area contributed by atoms with Gasteiger partial charge < -0.3 is 0 Å². The molecular weight excluding hydrogens is 288 g/mol. The zero-order valence-corrected chi connectivity index (χ0v) is 12.7. The summed E-state index contributed by atoms with van der Waals surface area (Å²) in [5.74, 6) is 0. The summed E-state index contributed by atoms with van der Waals surface area (Å²) >= 11 is 0. The van der Waals surface area contributed by atoms with Crippen LogP contribution in [-0.2, 0) is 16.4 Å². The van der Waals surface area contributed by atoms with Crippen molar-refractivity contribution in [1.29, 1.82) is 0 Å². The third-order valence-electron chi connectivity index (χ3n) is 3.86. The van der Waals surface area contributed by atoms with Crippen LogP contribution in [0.25, 0.3) is 0 Å². The van der Waals surface area contributed by atoms with Gasteiger partial charge in [0.1, 0.15) is 0 Å². The van der Waals surface area contributed by atoms with Crippen LogP contribution in [0, 0.1) is 0 Å². The van der Waals surface area contributed by atoms with Crippen molar-refractivity contribution >= 4 is 10.0 Å². The minimum absolute atomic E-state index is 0.0182. The summed E-state index contributed by atoms with van der Waals surface area (Å²) in [4.78, 5) is 1.95. The molecule has 1 aromatic heterocycles. The third kappa shape index (κ3) is 2.71. The summed E-state index contributed by atoms with van der Waals surface area (Å²) < 4.78 is 26.8. The molecule has 6 nitrogen and oxygen atoms in total. The number of aromatic nitrogens is 3. The Hall–Kier alpha value is -1.73. The summed E-state index contributed by atoms with van der Waals surface area (Å²) in [6.45, 7) is 2.97. The standard InChI is InChI=1S/C14H18N4O2S/c1-2-12-3-5-14(6-4-12)21(19,20)17-10-7-13(11-17)18-15-8-9-16-18/h3-6,8-9,13H,2,7,10-11H2,1H3. The van der Waals surface area contributed by atoms with E-state index in [9.17, 15) is 8.42 Å². The molecule has 1 aromatic carbocycles. The van der Waals surface area contributed by atoms with E-state index in [1.54, 1.807) is 29.3 Å². The zero-order chi connectivity index (χ0) is 14.9. The van der Waals surface area contributed by atoms with Crippen LogP contribution >= 0.6 is 0 Å². The highest BCUT2D eigenvalue weighted by Gasteiger charge is 2.33. The van der Waals surface area contributed by atoms with Crippen molar-refractivity contribution in [3.05, 3.63) is 42.2 Å². The first-order valence-electron chi connectivity index (χ1n) is 7.06. The van der Waals surface area contributed by atoms with Gasteiger partial charge in [0, 0.05) is 13.1 Å². The van der Waals surface area contributed by atoms with Crippen LogP contribution in [-0.4, -0.2) is 40.8 Å². The normalized spacial score (nSPS) is 20.0. The van der Waals surface area contributed by atoms with Crippen LogP contribution in [0.4, 0.5) is 0 Å². The third-order valence-corrected chi connectivity index (χ3v) is 5.74. The topological polar surface area (TPSA) is 68.1 Å². The van der Waals surface area contributed by atoms with Gasteiger partial charge in [-0.15, -0.1) is 0 Å². The first-order chi connectivity index (χ1) is 10.1. The Morgan fingerprint density at radius 1 is 1.19 bits per heavy atom. The van der Waals surface area contributed by atoms with Crippen LogP contribution in [0.3, 0.4) is 0 Å². The fourth-order valence-electron chi connectivity index (χ4n) is 2.58. The number of hydrogen-bond donors (Lipinski definition) is 0. The molecule has 0 amide bonds. The fourth-order valence-corrected chi connectivity index (χ4v) is 4.07. The van der Waals surface area contributed by atoms with Gasteiger partial charge in [0.05, 0.1) is 23.3 Å². The molecule has 1 unspecified atom stereocenters. The summed E-state index contributed by atoms with van der Waals surface area (Å²) in [5, 5.41) is 8.19. The van der Waals surface area contributed by atoms with Gasteiger partial charge in [0.15, 0.2) is 0 Å². The molecule has 0 N–H and O–H groups in total. The Morgan fingerprint density at radius 2 is 1.86 bits per heavy atom. The minimum Gasteiger partial charge on any atom is -0.207 e. The minimum atomic E-state index is -3.42. The number of benzene rings is 1. The van der Waals surface area contributed by atoms with E-state index >= 15 is 0 Å². The van der Waals surface area contributed by atoms with Crippen molar-refractivity contribution in [1.82, 2.24) is 19.3 Å². The molecule has 1 saturated heterocycles. The maximum atomic E-state index is 12.6. The Kier molecular flexibility index (Phi) is 3.77. The Labute approximate surface area is 124 Å². The Morgan fingerprint density at radius 3 is 2.48 bits per heavy atom. The molecule has 0 saturated carbocycles. The van der Waals surface area contributed by atoms with Crippen LogP contribution in [0.2, 0.25) is 0 Å². The molecule has 2 heterocycles. The smallest absolute Gasteiger partial charge is 0.207 e. The van der Waals surface area contributed by atoms with Crippen LogP contribution < -0.4 is 0 Å². The lowest BCUT2D eigenvalue weighted by Crippen LogP contribution is -2.29. The molecule has 21 heavy (non-hydrogen) atoms. The largest absolute Gasteiger partial charge is 0.243 e. The van der Waals surface area contributed by atoms with Crippen molar-refractivity contribution in [3.63, 3.8) is 0 Å². The second kappa shape index (κ2) is 5.57. The van der Waals surface area contributed by atoms with Gasteiger partial charge in [-0.05, 0) is 30.5 Å². The lowest BCUT2D eigenvalue weighted by molar-refractivity contribution is 0.402. The average molecular weight is 306 g/mol. The van der Waals surface area contributed by atoms with Crippen LogP contribution in [0.5, 0.6) is 0 Å². The molecule has 3 rings (SSSR count). The molecule has 0 radical (unpaired) electrons. The van der Waals surface area contributed by atoms with Gasteiger partial charge in [-0.3, -0.25) is 0 Å². The Balaban J connectivity index is 1.79. The number of nitrogens with zero attached hydrogens (tertiary/aromatic N) is 4. The molecule has 1 aliphatic heterocycles. The highest BCUT2D eigenvalue weighted by atomic mass is 32.2. The van der Waals surface area contributed by atoms with E-state index in [-0.39, 0.29) is 6.04 Å². The van der Waals surface area contributed by atoms with Gasteiger partial charge in [-0.25, -0.2) is 8.42 Å². The second-order valence-corrected chi connectivity index (χ2v) is 7.09. The lowest BCUT2D eigenvalue weighted by Gasteiger charge is -2.16. The fraction of sp³-hybridized carbons (Fsp3) is 0.429. The lowest BCUT2D eigenvalue weighted by atomic mass is 10.2. The predicted molar refractivity (Wildman–Crippen MR) is 78.3 cm³/mol. The summed E-state index contributed by atoms with van der Waals surface area (Å²) in [6, 6.07) is 7.14. The molecule has 0 bridgehead atoms. The van der Waals surface area contributed by atoms with E-state index in [4.69, 9.17) is 0 Å². The highest BCUT2D eigenvalue weighted by molar-refractivity contribution is 7.89. The van der Waals surface area contributed by atoms with Gasteiger partial charge in [-0.1, -0.05) is 19.1 Å². The van der Waals surface area contributed by atoms with Gasteiger partial charge in [-0.2, -0.15) is 19.3 Å². The van der Waals surface area contributed by atoms with E-state index in [1.165, 1.54) is 4.31 Å². The summed E-state index contributed by atoms with van der Waals surface area (Å²) in [5.41, 5.74) is 1.13. The van der Waals surface area contributed by atoms with E-state index < -0.39 is 10.0 Å². The summed E-state index contributed by atoms with van der Waals surface area (Å²) in [7, 11) is -3.42. The van der Waals surface area contributed by atoms with Gasteiger partial charge in [0.2, 0.25) is 10.0 Å². The Bertz CT molecular complexity index is 695. The predicted octanol–water partition coefficient (Wildman–Crippen LogP) is 1.48. The van der Waals surface area contributed by atoms with Gasteiger partial charge in [0.25, 0.3) is 0 Å². The number of rotatable bonds is 4. The molecule has 1 atom stereocenters. The molecule has 0 aliphatic carbocycles. The highest BCUT2D eigenvalue weighted by Crippen LogP contribution is 2.26. The number of sulfonamides is 1. The monoisotopic (exact) mass is 306 g/mol. The second-order valence-electron chi connectivity index (χ2n) is 5.15. The average Bonchev–Trinajstić information content (AvgIpc) is 3.18. The molecule has 1 aliphatic rings. The van der Waals surface area contributed by atoms with Gasteiger partial charge >= 0.3 is 0 Å². The maximum absolute atomic E-state index is 12.6. The van der Waals surface area contributed by atoms with E-state index in [1.807, 2.05) is 19.1 Å². The first-order valence-corrected chi connectivity index (χ1v) is 8.50. The quantitative estimate of drug-likeness (QED) is 0.858. The molecule has 7 heteroatoms. The van der Waals surface area contributed by atoms with E-state index in [0.29, 0.717) is 18.0 Å². The molecular formula is C14H18N4O2S. The molecule has 0 spiro atoms. The van der Waals surface area contributed by atoms with E-state index in [0.717, 1.165) is 18.4 Å².